The molecule has 3 rings (SSSR count). The van der Waals surface area contributed by atoms with Crippen LogP contribution in [0.5, 0.6) is 0 Å². The molecule has 2 heterocycles. The number of nitrogens with one attached hydrogen (secondary N) is 1. The van der Waals surface area contributed by atoms with Crippen LogP contribution >= 0.6 is 0 Å². The first-order valence-corrected chi connectivity index (χ1v) is 10.3. The molecule has 2 aliphatic heterocycles. The van der Waals surface area contributed by atoms with Crippen molar-refractivity contribution in [3.63, 3.8) is 0 Å². The van der Waals surface area contributed by atoms with Crippen LogP contribution in [0.15, 0.2) is 24.3 Å². The number of rotatable bonds is 4. The molecule has 0 aromatic heterocycles. The Kier molecular flexibility index (Phi) is 7.14. The minimum Gasteiger partial charge on any atom is -0.450 e. The molecule has 1 aromatic carbocycles. The van der Waals surface area contributed by atoms with Crippen LogP contribution in [0.1, 0.15) is 30.9 Å². The van der Waals surface area contributed by atoms with Gasteiger partial charge in [0.05, 0.1) is 6.61 Å². The summed E-state index contributed by atoms with van der Waals surface area (Å²) in [6, 6.07) is 8.63. The fourth-order valence-corrected chi connectivity index (χ4v) is 4.01. The van der Waals surface area contributed by atoms with E-state index in [-0.39, 0.29) is 12.1 Å². The second-order valence-electron chi connectivity index (χ2n) is 7.53. The molecule has 0 unspecified atom stereocenters. The van der Waals surface area contributed by atoms with Crippen molar-refractivity contribution in [2.75, 3.05) is 45.9 Å². The Labute approximate surface area is 167 Å². The predicted molar refractivity (Wildman–Crippen MR) is 108 cm³/mol. The maximum Gasteiger partial charge on any atom is 0.409 e. The standard InChI is InChI=1S/C21H32N4O3/c1-3-28-21(27)25-10-8-19(9-11-25)23-12-14-24(15-13-23)20(26)22-16-18-7-5-4-6-17(18)2/h4-7,19H,3,8-16H2,1-2H3,(H,22,26). The van der Waals surface area contributed by atoms with Gasteiger partial charge in [-0.2, -0.15) is 0 Å². The van der Waals surface area contributed by atoms with E-state index in [0.717, 1.165) is 57.7 Å². The van der Waals surface area contributed by atoms with Gasteiger partial charge in [-0.1, -0.05) is 24.3 Å². The van der Waals surface area contributed by atoms with E-state index in [1.807, 2.05) is 24.0 Å². The van der Waals surface area contributed by atoms with Gasteiger partial charge < -0.3 is 19.9 Å². The summed E-state index contributed by atoms with van der Waals surface area (Å²) in [6.07, 6.45) is 1.74. The lowest BCUT2D eigenvalue weighted by atomic mass is 10.0. The summed E-state index contributed by atoms with van der Waals surface area (Å²) >= 11 is 0. The van der Waals surface area contributed by atoms with Gasteiger partial charge in [-0.05, 0) is 37.8 Å². The Bertz CT molecular complexity index is 665. The number of likely N-dealkylation sites (tertiary alicyclic amines) is 1. The van der Waals surface area contributed by atoms with Gasteiger partial charge in [0.25, 0.3) is 0 Å². The Hall–Kier alpha value is -2.28. The number of urea groups is 1. The van der Waals surface area contributed by atoms with Gasteiger partial charge >= 0.3 is 12.1 Å². The van der Waals surface area contributed by atoms with Crippen molar-refractivity contribution in [3.8, 4) is 0 Å². The van der Waals surface area contributed by atoms with Crippen LogP contribution in [-0.2, 0) is 11.3 Å². The predicted octanol–water partition coefficient (Wildman–Crippen LogP) is 2.44. The second kappa shape index (κ2) is 9.78. The molecule has 0 spiro atoms. The molecule has 7 nitrogen and oxygen atoms in total. The Morgan fingerprint density at radius 1 is 1.04 bits per heavy atom. The zero-order valence-electron chi connectivity index (χ0n) is 17.0. The van der Waals surface area contributed by atoms with Crippen molar-refractivity contribution in [1.29, 1.82) is 0 Å². The molecular formula is C21H32N4O3. The minimum absolute atomic E-state index is 0.0139. The average Bonchev–Trinajstić information content (AvgIpc) is 2.73. The quantitative estimate of drug-likeness (QED) is 0.861. The molecule has 0 bridgehead atoms. The molecule has 0 radical (unpaired) electrons. The van der Waals surface area contributed by atoms with Crippen molar-refractivity contribution in [1.82, 2.24) is 20.0 Å². The summed E-state index contributed by atoms with van der Waals surface area (Å²) in [5.74, 6) is 0. The number of aryl methyl sites for hydroxylation is 1. The fraction of sp³-hybridized carbons (Fsp3) is 0.619. The van der Waals surface area contributed by atoms with Gasteiger partial charge in [0, 0.05) is 51.9 Å². The lowest BCUT2D eigenvalue weighted by Crippen LogP contribution is -2.56. The molecule has 7 heteroatoms. The summed E-state index contributed by atoms with van der Waals surface area (Å²) in [5, 5.41) is 3.04. The number of amides is 3. The lowest BCUT2D eigenvalue weighted by Gasteiger charge is -2.42. The lowest BCUT2D eigenvalue weighted by molar-refractivity contribution is 0.0568. The summed E-state index contributed by atoms with van der Waals surface area (Å²) in [7, 11) is 0. The average molecular weight is 389 g/mol. The highest BCUT2D eigenvalue weighted by Crippen LogP contribution is 2.19. The third kappa shape index (κ3) is 5.16. The molecule has 1 N–H and O–H groups in total. The van der Waals surface area contributed by atoms with E-state index < -0.39 is 0 Å². The van der Waals surface area contributed by atoms with Crippen molar-refractivity contribution < 1.29 is 14.3 Å². The maximum atomic E-state index is 12.5. The molecule has 2 aliphatic rings. The van der Waals surface area contributed by atoms with Gasteiger partial charge in [-0.25, -0.2) is 9.59 Å². The van der Waals surface area contributed by atoms with Gasteiger partial charge in [-0.3, -0.25) is 4.90 Å². The molecular weight excluding hydrogens is 356 g/mol. The fourth-order valence-electron chi connectivity index (χ4n) is 4.01. The SMILES string of the molecule is CCOC(=O)N1CCC(N2CCN(C(=O)NCc3ccccc3C)CC2)CC1. The molecule has 0 saturated carbocycles. The maximum absolute atomic E-state index is 12.5. The van der Waals surface area contributed by atoms with Crippen LogP contribution < -0.4 is 5.32 Å². The molecule has 0 aliphatic carbocycles. The number of carbonyl (C=O) groups is 2. The number of benzene rings is 1. The molecule has 28 heavy (non-hydrogen) atoms. The van der Waals surface area contributed by atoms with Gasteiger partial charge in [-0.15, -0.1) is 0 Å². The summed E-state index contributed by atoms with van der Waals surface area (Å²) in [4.78, 5) is 30.5. The molecule has 3 amide bonds. The number of piperidine rings is 1. The number of ether oxygens (including phenoxy) is 1. The summed E-state index contributed by atoms with van der Waals surface area (Å²) in [6.45, 7) is 9.67. The van der Waals surface area contributed by atoms with Crippen molar-refractivity contribution in [2.24, 2.45) is 0 Å². The van der Waals surface area contributed by atoms with E-state index in [1.165, 1.54) is 5.56 Å². The van der Waals surface area contributed by atoms with E-state index in [1.54, 1.807) is 4.90 Å². The minimum atomic E-state index is -0.198. The topological polar surface area (TPSA) is 65.1 Å². The van der Waals surface area contributed by atoms with Crippen molar-refractivity contribution in [2.45, 2.75) is 39.3 Å². The van der Waals surface area contributed by atoms with Crippen molar-refractivity contribution in [3.05, 3.63) is 35.4 Å². The first kappa shape index (κ1) is 20.5. The zero-order valence-corrected chi connectivity index (χ0v) is 17.0. The van der Waals surface area contributed by atoms with Crippen LogP contribution in [0.25, 0.3) is 0 Å². The van der Waals surface area contributed by atoms with E-state index in [9.17, 15) is 9.59 Å². The van der Waals surface area contributed by atoms with Gasteiger partial charge in [0.2, 0.25) is 0 Å². The molecule has 1 aromatic rings. The number of hydrogen-bond acceptors (Lipinski definition) is 4. The van der Waals surface area contributed by atoms with E-state index >= 15 is 0 Å². The highest BCUT2D eigenvalue weighted by atomic mass is 16.6. The smallest absolute Gasteiger partial charge is 0.409 e. The van der Waals surface area contributed by atoms with Crippen LogP contribution in [0.4, 0.5) is 9.59 Å². The highest BCUT2D eigenvalue weighted by molar-refractivity contribution is 5.74. The van der Waals surface area contributed by atoms with Gasteiger partial charge in [0.15, 0.2) is 0 Å². The molecule has 154 valence electrons. The first-order chi connectivity index (χ1) is 13.6. The highest BCUT2D eigenvalue weighted by Gasteiger charge is 2.30. The number of hydrogen-bond donors (Lipinski definition) is 1. The van der Waals surface area contributed by atoms with Crippen LogP contribution in [-0.4, -0.2) is 78.7 Å². The molecule has 0 atom stereocenters. The Morgan fingerprint density at radius 3 is 2.36 bits per heavy atom. The van der Waals surface area contributed by atoms with E-state index in [0.29, 0.717) is 19.2 Å². The third-order valence-corrected chi connectivity index (χ3v) is 5.80. The number of carbonyl (C=O) groups excluding carboxylic acids is 2. The Morgan fingerprint density at radius 2 is 1.71 bits per heavy atom. The van der Waals surface area contributed by atoms with Crippen molar-refractivity contribution >= 4 is 12.1 Å². The second-order valence-corrected chi connectivity index (χ2v) is 7.53. The molecule has 2 saturated heterocycles. The first-order valence-electron chi connectivity index (χ1n) is 10.3. The normalized spacial score (nSPS) is 18.8. The number of piperazine rings is 1. The van der Waals surface area contributed by atoms with Crippen LogP contribution in [0, 0.1) is 6.92 Å². The zero-order chi connectivity index (χ0) is 19.9. The Balaban J connectivity index is 1.39. The van der Waals surface area contributed by atoms with E-state index in [4.69, 9.17) is 4.74 Å². The monoisotopic (exact) mass is 388 g/mol. The largest absolute Gasteiger partial charge is 0.450 e. The third-order valence-electron chi connectivity index (χ3n) is 5.80. The van der Waals surface area contributed by atoms with Crippen LogP contribution in [0.2, 0.25) is 0 Å². The summed E-state index contributed by atoms with van der Waals surface area (Å²) in [5.41, 5.74) is 2.35. The van der Waals surface area contributed by atoms with Crippen LogP contribution in [0.3, 0.4) is 0 Å². The summed E-state index contributed by atoms with van der Waals surface area (Å²) < 4.78 is 5.09. The van der Waals surface area contributed by atoms with Gasteiger partial charge in [0.1, 0.15) is 0 Å². The molecule has 2 fully saturated rings. The van der Waals surface area contributed by atoms with E-state index in [2.05, 4.69) is 29.3 Å². The number of nitrogens with zero attached hydrogens (tertiary/aromatic N) is 3.